The minimum atomic E-state index is -4.43. The molecular weight excluding hydrogens is 455 g/mol. The average Bonchev–Trinajstić information content (AvgIpc) is 3.08. The SMILES string of the molecule is Cc1c(N2CCOCC2)c(C)n(Cc2cccc(C(F)(F)F)c2)c1C(=O)N(C)Cc1ccccc1. The molecule has 0 bridgehead atoms. The van der Waals surface area contributed by atoms with Crippen LogP contribution in [0.1, 0.15) is 38.4 Å². The van der Waals surface area contributed by atoms with Crippen LogP contribution in [0.3, 0.4) is 0 Å². The molecule has 0 saturated carbocycles. The molecule has 4 rings (SSSR count). The van der Waals surface area contributed by atoms with E-state index < -0.39 is 11.7 Å². The molecule has 35 heavy (non-hydrogen) atoms. The summed E-state index contributed by atoms with van der Waals surface area (Å²) in [4.78, 5) is 17.6. The Balaban J connectivity index is 1.74. The number of aromatic nitrogens is 1. The van der Waals surface area contributed by atoms with E-state index in [0.717, 1.165) is 34.6 Å². The quantitative estimate of drug-likeness (QED) is 0.477. The zero-order chi connectivity index (χ0) is 25.2. The first-order valence-corrected chi connectivity index (χ1v) is 11.6. The van der Waals surface area contributed by atoms with Crippen molar-refractivity contribution >= 4 is 11.6 Å². The zero-order valence-corrected chi connectivity index (χ0v) is 20.2. The molecule has 1 saturated heterocycles. The summed E-state index contributed by atoms with van der Waals surface area (Å²) in [6.45, 7) is 7.03. The van der Waals surface area contributed by atoms with Crippen molar-refractivity contribution in [2.45, 2.75) is 33.1 Å². The average molecular weight is 486 g/mol. The molecule has 2 aromatic carbocycles. The van der Waals surface area contributed by atoms with E-state index in [-0.39, 0.29) is 12.5 Å². The van der Waals surface area contributed by atoms with E-state index in [1.807, 2.05) is 48.7 Å². The first-order chi connectivity index (χ1) is 16.7. The van der Waals surface area contributed by atoms with Crippen molar-refractivity contribution in [2.24, 2.45) is 0 Å². The van der Waals surface area contributed by atoms with Crippen LogP contribution in [0.15, 0.2) is 54.6 Å². The van der Waals surface area contributed by atoms with E-state index in [0.29, 0.717) is 44.1 Å². The molecule has 1 aliphatic rings. The first kappa shape index (κ1) is 24.9. The van der Waals surface area contributed by atoms with Gasteiger partial charge >= 0.3 is 6.18 Å². The number of rotatable bonds is 6. The van der Waals surface area contributed by atoms with Crippen LogP contribution < -0.4 is 4.90 Å². The van der Waals surface area contributed by atoms with Crippen molar-refractivity contribution in [2.75, 3.05) is 38.3 Å². The lowest BCUT2D eigenvalue weighted by Gasteiger charge is -2.29. The summed E-state index contributed by atoms with van der Waals surface area (Å²) in [5.74, 6) is -0.166. The molecule has 1 fully saturated rings. The van der Waals surface area contributed by atoms with Gasteiger partial charge in [0, 0.05) is 44.5 Å². The summed E-state index contributed by atoms with van der Waals surface area (Å²) in [6, 6.07) is 15.0. The maximum Gasteiger partial charge on any atom is 0.416 e. The second-order valence-corrected chi connectivity index (χ2v) is 8.94. The second kappa shape index (κ2) is 10.2. The number of benzene rings is 2. The van der Waals surface area contributed by atoms with Crippen LogP contribution in [0.5, 0.6) is 0 Å². The molecule has 5 nitrogen and oxygen atoms in total. The third-order valence-corrected chi connectivity index (χ3v) is 6.46. The molecule has 186 valence electrons. The fraction of sp³-hybridized carbons (Fsp3) is 0.370. The van der Waals surface area contributed by atoms with Crippen LogP contribution in [0.25, 0.3) is 0 Å². The van der Waals surface area contributed by atoms with Gasteiger partial charge in [-0.05, 0) is 37.1 Å². The molecule has 1 amide bonds. The molecule has 8 heteroatoms. The third kappa shape index (κ3) is 5.37. The molecule has 2 heterocycles. The summed E-state index contributed by atoms with van der Waals surface area (Å²) in [5.41, 5.74) is 3.95. The van der Waals surface area contributed by atoms with Gasteiger partial charge in [-0.3, -0.25) is 4.79 Å². The summed E-state index contributed by atoms with van der Waals surface area (Å²) in [5, 5.41) is 0. The number of anilines is 1. The van der Waals surface area contributed by atoms with Crippen molar-refractivity contribution in [1.82, 2.24) is 9.47 Å². The van der Waals surface area contributed by atoms with Gasteiger partial charge in [0.05, 0.1) is 24.5 Å². The number of carbonyl (C=O) groups is 1. The normalized spacial score (nSPS) is 14.3. The number of carbonyl (C=O) groups excluding carboxylic acids is 1. The van der Waals surface area contributed by atoms with Crippen molar-refractivity contribution in [3.8, 4) is 0 Å². The molecule has 0 atom stereocenters. The predicted octanol–water partition coefficient (Wildman–Crippen LogP) is 5.28. The number of alkyl halides is 3. The Morgan fingerprint density at radius 2 is 1.66 bits per heavy atom. The highest BCUT2D eigenvalue weighted by molar-refractivity contribution is 5.96. The first-order valence-electron chi connectivity index (χ1n) is 11.6. The monoisotopic (exact) mass is 485 g/mol. The highest BCUT2D eigenvalue weighted by Crippen LogP contribution is 2.34. The summed E-state index contributed by atoms with van der Waals surface area (Å²) < 4.78 is 47.4. The zero-order valence-electron chi connectivity index (χ0n) is 20.2. The number of amides is 1. The van der Waals surface area contributed by atoms with Crippen LogP contribution in [0.2, 0.25) is 0 Å². The number of hydrogen-bond acceptors (Lipinski definition) is 3. The molecule has 0 radical (unpaired) electrons. The molecule has 0 N–H and O–H groups in total. The molecule has 1 aliphatic heterocycles. The fourth-order valence-electron chi connectivity index (χ4n) is 4.75. The second-order valence-electron chi connectivity index (χ2n) is 8.94. The van der Waals surface area contributed by atoms with Gasteiger partial charge in [0.2, 0.25) is 0 Å². The van der Waals surface area contributed by atoms with E-state index in [1.54, 1.807) is 18.0 Å². The minimum Gasteiger partial charge on any atom is -0.378 e. The Labute approximate surface area is 203 Å². The number of halogens is 3. The lowest BCUT2D eigenvalue weighted by molar-refractivity contribution is -0.137. The number of ether oxygens (including phenoxy) is 1. The summed E-state index contributed by atoms with van der Waals surface area (Å²) >= 11 is 0. The predicted molar refractivity (Wildman–Crippen MR) is 130 cm³/mol. The molecule has 0 aliphatic carbocycles. The van der Waals surface area contributed by atoms with Gasteiger partial charge in [0.25, 0.3) is 5.91 Å². The lowest BCUT2D eigenvalue weighted by atomic mass is 10.1. The Morgan fingerprint density at radius 3 is 2.31 bits per heavy atom. The highest BCUT2D eigenvalue weighted by Gasteiger charge is 2.31. The molecule has 1 aromatic heterocycles. The maximum absolute atomic E-state index is 13.7. The Kier molecular flexibility index (Phi) is 7.21. The van der Waals surface area contributed by atoms with Crippen LogP contribution in [0.4, 0.5) is 18.9 Å². The lowest BCUT2D eigenvalue weighted by Crippen LogP contribution is -2.36. The van der Waals surface area contributed by atoms with E-state index in [9.17, 15) is 18.0 Å². The van der Waals surface area contributed by atoms with Crippen molar-refractivity contribution in [3.05, 3.63) is 88.2 Å². The van der Waals surface area contributed by atoms with Gasteiger partial charge in [0.15, 0.2) is 0 Å². The Bertz CT molecular complexity index is 1180. The van der Waals surface area contributed by atoms with Crippen LogP contribution in [-0.4, -0.2) is 48.7 Å². The van der Waals surface area contributed by atoms with E-state index in [2.05, 4.69) is 4.90 Å². The number of hydrogen-bond donors (Lipinski definition) is 0. The molecule has 3 aromatic rings. The van der Waals surface area contributed by atoms with E-state index in [1.165, 1.54) is 6.07 Å². The summed E-state index contributed by atoms with van der Waals surface area (Å²) in [6.07, 6.45) is -4.43. The maximum atomic E-state index is 13.7. The number of nitrogens with zero attached hydrogens (tertiary/aromatic N) is 3. The number of morpholine rings is 1. The van der Waals surface area contributed by atoms with Gasteiger partial charge in [-0.25, -0.2) is 0 Å². The van der Waals surface area contributed by atoms with Crippen LogP contribution >= 0.6 is 0 Å². The van der Waals surface area contributed by atoms with Gasteiger partial charge < -0.3 is 19.1 Å². The van der Waals surface area contributed by atoms with E-state index >= 15 is 0 Å². The Hall–Kier alpha value is -3.26. The van der Waals surface area contributed by atoms with Crippen LogP contribution in [-0.2, 0) is 24.0 Å². The standard InChI is InChI=1S/C27H30F3N3O2/c1-19-24(32-12-14-35-15-13-32)20(2)33(18-22-10-7-11-23(16-22)27(28,29)30)25(19)26(34)31(3)17-21-8-5-4-6-9-21/h4-11,16H,12-15,17-18H2,1-3H3. The highest BCUT2D eigenvalue weighted by atomic mass is 19.4. The van der Waals surface area contributed by atoms with Gasteiger partial charge in [-0.1, -0.05) is 42.5 Å². The largest absolute Gasteiger partial charge is 0.416 e. The van der Waals surface area contributed by atoms with Crippen molar-refractivity contribution < 1.29 is 22.7 Å². The minimum absolute atomic E-state index is 0.166. The molecule has 0 spiro atoms. The Morgan fingerprint density at radius 1 is 1.00 bits per heavy atom. The molecule has 0 unspecified atom stereocenters. The van der Waals surface area contributed by atoms with Gasteiger partial charge in [0.1, 0.15) is 5.69 Å². The third-order valence-electron chi connectivity index (χ3n) is 6.46. The topological polar surface area (TPSA) is 37.7 Å². The van der Waals surface area contributed by atoms with Gasteiger partial charge in [-0.15, -0.1) is 0 Å². The van der Waals surface area contributed by atoms with Crippen molar-refractivity contribution in [1.29, 1.82) is 0 Å². The fourth-order valence-corrected chi connectivity index (χ4v) is 4.75. The van der Waals surface area contributed by atoms with Gasteiger partial charge in [-0.2, -0.15) is 13.2 Å². The van der Waals surface area contributed by atoms with Crippen LogP contribution in [0, 0.1) is 13.8 Å². The van der Waals surface area contributed by atoms with Crippen molar-refractivity contribution in [3.63, 3.8) is 0 Å². The van der Waals surface area contributed by atoms with E-state index in [4.69, 9.17) is 4.74 Å². The summed E-state index contributed by atoms with van der Waals surface area (Å²) in [7, 11) is 1.75. The molecular formula is C27H30F3N3O2. The smallest absolute Gasteiger partial charge is 0.378 e.